The average Bonchev–Trinajstić information content (AvgIpc) is 3.38. The minimum atomic E-state index is -1.04. The zero-order chi connectivity index (χ0) is 53.8. The molecule has 0 unspecified atom stereocenters. The van der Waals surface area contributed by atoms with Crippen molar-refractivity contribution < 1.29 is 4.21 Å². The van der Waals surface area contributed by atoms with Crippen LogP contribution in [0.4, 0.5) is 29.1 Å². The zero-order valence-corrected chi connectivity index (χ0v) is 49.3. The highest BCUT2D eigenvalue weighted by molar-refractivity contribution is 8.00. The molecule has 4 aliphatic rings. The molecular formula is C47H53Cl7N16OS4. The predicted octanol–water partition coefficient (Wildman–Crippen LogP) is 11.9. The van der Waals surface area contributed by atoms with E-state index in [2.05, 4.69) is 59.4 Å². The summed E-state index contributed by atoms with van der Waals surface area (Å²) in [6.45, 7) is 9.67. The maximum atomic E-state index is 12.6. The van der Waals surface area contributed by atoms with Crippen molar-refractivity contribution in [1.82, 2.24) is 49.6 Å². The molecule has 0 amide bonds. The maximum absolute atomic E-state index is 12.6. The topological polar surface area (TPSA) is 256 Å². The van der Waals surface area contributed by atoms with E-state index in [9.17, 15) is 4.21 Å². The molecule has 0 aromatic carbocycles. The summed E-state index contributed by atoms with van der Waals surface area (Å²) in [7, 11) is -1.04. The van der Waals surface area contributed by atoms with Gasteiger partial charge in [-0.1, -0.05) is 116 Å². The van der Waals surface area contributed by atoms with Crippen LogP contribution in [0.1, 0.15) is 72.1 Å². The average molecular weight is 1230 g/mol. The number of nitrogens with one attached hydrogen (secondary N) is 1. The SMILES string of the molecule is CC(C)(C)[S@@](=O)N[C@H]1CCC12CCN(c1cnc(Sc3ccnc(Cl)c3Cl)c(N)n1)CC2.Nc1nc(Cl)cnc1Sc1ccnc(Cl)c1Cl.Nc1nc(N2CCC3(CC[C@@H]3N)CC2)cnc1Sc1ccnc(Cl)c1Cl. The Bertz CT molecular complexity index is 3040. The van der Waals surface area contributed by atoms with Crippen LogP contribution in [0, 0.1) is 10.8 Å². The standard InChI is InChI=1S/C21H28Cl2N6OS2.C17H20Cl2N6S.C9H5Cl3N4S/c1-20(2,3)32(30)28-14-4-6-21(14)7-10-29(11-8-21)15-12-26-19(18(24)27-15)31-13-5-9-25-17(23)16(13)22;18-13-10(2-6-22-14(13)19)26-16-15(21)24-12(9-23-16)25-7-4-17(5-8-25)3-1-11(17)20;10-5-3-15-9(8(13)16-5)17-4-1-2-14-7(12)6(4)11/h5,9,12,14,28H,4,6-8,10-11H2,1-3H3,(H2,24,27);2,6,9,11H,1,3-5,7-8,20H2,(H2,21,24);1-3H,(H2,13,16)/t14-,32+;11-;/m00./s1. The van der Waals surface area contributed by atoms with E-state index in [0.717, 1.165) is 86.1 Å². The lowest BCUT2D eigenvalue weighted by Gasteiger charge is -2.54. The van der Waals surface area contributed by atoms with Crippen molar-refractivity contribution in [1.29, 1.82) is 0 Å². The Labute approximate surface area is 485 Å². The number of nitrogens with zero attached hydrogens (tertiary/aromatic N) is 11. The number of halogens is 7. The van der Waals surface area contributed by atoms with Crippen LogP contribution in [0.2, 0.25) is 35.7 Å². The molecule has 6 aromatic rings. The lowest BCUT2D eigenvalue weighted by molar-refractivity contribution is 0.0513. The first-order valence-electron chi connectivity index (χ1n) is 23.6. The van der Waals surface area contributed by atoms with Crippen molar-refractivity contribution in [3.05, 3.63) is 91.1 Å². The second-order valence-corrected chi connectivity index (χ2v) is 26.9. The summed E-state index contributed by atoms with van der Waals surface area (Å²) in [5.41, 5.74) is 24.8. The highest BCUT2D eigenvalue weighted by Gasteiger charge is 2.50. The highest BCUT2D eigenvalue weighted by Crippen LogP contribution is 2.51. The van der Waals surface area contributed by atoms with Gasteiger partial charge in [-0.25, -0.2) is 53.8 Å². The van der Waals surface area contributed by atoms with Gasteiger partial charge in [0, 0.05) is 71.5 Å². The minimum absolute atomic E-state index is 0.226. The van der Waals surface area contributed by atoms with E-state index in [1.165, 1.54) is 54.3 Å². The van der Waals surface area contributed by atoms with Crippen LogP contribution in [0.5, 0.6) is 0 Å². The van der Waals surface area contributed by atoms with Crippen molar-refractivity contribution in [2.45, 2.75) is 119 Å². The number of anilines is 5. The summed E-state index contributed by atoms with van der Waals surface area (Å²) in [5.74, 6) is 2.58. The highest BCUT2D eigenvalue weighted by atomic mass is 35.5. The first-order chi connectivity index (χ1) is 35.6. The molecule has 400 valence electrons. The Hall–Kier alpha value is -3.16. The fraction of sp³-hybridized carbons (Fsp3) is 0.426. The molecule has 4 fully saturated rings. The van der Waals surface area contributed by atoms with Crippen LogP contribution < -0.4 is 37.5 Å². The van der Waals surface area contributed by atoms with Gasteiger partial charge < -0.3 is 32.7 Å². The van der Waals surface area contributed by atoms with Gasteiger partial charge in [-0.3, -0.25) is 0 Å². The molecule has 28 heteroatoms. The van der Waals surface area contributed by atoms with Gasteiger partial charge in [0.15, 0.2) is 17.5 Å². The number of piperidine rings is 2. The lowest BCUT2D eigenvalue weighted by Crippen LogP contribution is -2.59. The molecule has 10 rings (SSSR count). The second-order valence-electron chi connectivity index (χ2n) is 19.2. The van der Waals surface area contributed by atoms with Crippen LogP contribution in [0.15, 0.2) is 85.1 Å². The Morgan fingerprint density at radius 3 is 1.29 bits per heavy atom. The summed E-state index contributed by atoms with van der Waals surface area (Å²) in [4.78, 5) is 44.5. The van der Waals surface area contributed by atoms with Crippen molar-refractivity contribution in [2.24, 2.45) is 16.6 Å². The van der Waals surface area contributed by atoms with E-state index in [1.54, 1.807) is 49.2 Å². The van der Waals surface area contributed by atoms with E-state index >= 15 is 0 Å². The molecule has 9 N–H and O–H groups in total. The Morgan fingerprint density at radius 2 is 0.960 bits per heavy atom. The molecule has 2 aliphatic heterocycles. The minimum Gasteiger partial charge on any atom is -0.381 e. The predicted molar refractivity (Wildman–Crippen MR) is 309 cm³/mol. The molecule has 8 heterocycles. The summed E-state index contributed by atoms with van der Waals surface area (Å²) >= 11 is 45.7. The molecule has 17 nitrogen and oxygen atoms in total. The van der Waals surface area contributed by atoms with E-state index in [1.807, 2.05) is 20.8 Å². The fourth-order valence-electron chi connectivity index (χ4n) is 8.92. The molecule has 2 saturated carbocycles. The number of hydrogen-bond acceptors (Lipinski definition) is 19. The van der Waals surface area contributed by atoms with Crippen LogP contribution >= 0.6 is 116 Å². The van der Waals surface area contributed by atoms with Crippen molar-refractivity contribution in [2.75, 3.05) is 53.2 Å². The van der Waals surface area contributed by atoms with Crippen LogP contribution in [0.3, 0.4) is 0 Å². The van der Waals surface area contributed by atoms with E-state index < -0.39 is 11.0 Å². The molecule has 3 atom stereocenters. The number of nitrogens with two attached hydrogens (primary N) is 4. The lowest BCUT2D eigenvalue weighted by atomic mass is 9.60. The molecule has 75 heavy (non-hydrogen) atoms. The number of aromatic nitrogens is 9. The smallest absolute Gasteiger partial charge is 0.158 e. The summed E-state index contributed by atoms with van der Waals surface area (Å²) in [6.07, 6.45) is 18.7. The quantitative estimate of drug-likeness (QED) is 0.0799. The third kappa shape index (κ3) is 13.8. The van der Waals surface area contributed by atoms with E-state index in [-0.39, 0.29) is 36.6 Å². The molecule has 2 aliphatic carbocycles. The largest absolute Gasteiger partial charge is 0.381 e. The van der Waals surface area contributed by atoms with Gasteiger partial charge in [0.25, 0.3) is 0 Å². The van der Waals surface area contributed by atoms with Crippen molar-refractivity contribution in [3.63, 3.8) is 0 Å². The maximum Gasteiger partial charge on any atom is 0.158 e. The van der Waals surface area contributed by atoms with Gasteiger partial charge in [0.05, 0.1) is 49.4 Å². The molecule has 6 aromatic heterocycles. The summed E-state index contributed by atoms with van der Waals surface area (Å²) in [6, 6.07) is 5.94. The third-order valence-corrected chi connectivity index (χ3v) is 21.3. The summed E-state index contributed by atoms with van der Waals surface area (Å²) in [5, 5.41) is 3.81. The number of hydrogen-bond donors (Lipinski definition) is 5. The number of pyridine rings is 3. The van der Waals surface area contributed by atoms with Crippen LogP contribution in [0.25, 0.3) is 0 Å². The normalized spacial score (nSPS) is 19.0. The Balaban J connectivity index is 0.000000156. The molecule has 2 saturated heterocycles. The van der Waals surface area contributed by atoms with Crippen molar-refractivity contribution >= 4 is 157 Å². The fourth-order valence-corrected chi connectivity index (χ4v) is 13.7. The van der Waals surface area contributed by atoms with E-state index in [4.69, 9.17) is 104 Å². The van der Waals surface area contributed by atoms with Gasteiger partial charge in [0.1, 0.15) is 47.3 Å². The number of rotatable bonds is 10. The first kappa shape index (κ1) is 58.0. The third-order valence-electron chi connectivity index (χ3n) is 13.7. The van der Waals surface area contributed by atoms with Crippen LogP contribution in [-0.2, 0) is 11.0 Å². The molecule has 0 bridgehead atoms. The molecule has 0 radical (unpaired) electrons. The monoisotopic (exact) mass is 1230 g/mol. The Kier molecular flexibility index (Phi) is 19.2. The van der Waals surface area contributed by atoms with Gasteiger partial charge in [0.2, 0.25) is 0 Å². The number of nitrogen functional groups attached to an aromatic ring is 3. The second kappa shape index (κ2) is 24.9. The van der Waals surface area contributed by atoms with Gasteiger partial charge in [-0.15, -0.1) is 0 Å². The van der Waals surface area contributed by atoms with Gasteiger partial charge in [-0.2, -0.15) is 0 Å². The Morgan fingerprint density at radius 1 is 0.573 bits per heavy atom. The van der Waals surface area contributed by atoms with Crippen LogP contribution in [-0.4, -0.2) is 92.1 Å². The van der Waals surface area contributed by atoms with Gasteiger partial charge >= 0.3 is 0 Å². The summed E-state index contributed by atoms with van der Waals surface area (Å²) < 4.78 is 15.7. The zero-order valence-electron chi connectivity index (χ0n) is 40.8. The molecular weight excluding hydrogens is 1180 g/mol. The first-order valence-corrected chi connectivity index (χ1v) is 29.8. The molecule has 2 spiro atoms. The van der Waals surface area contributed by atoms with E-state index in [0.29, 0.717) is 64.2 Å². The van der Waals surface area contributed by atoms with Gasteiger partial charge in [-0.05, 0) is 101 Å². The van der Waals surface area contributed by atoms with Crippen molar-refractivity contribution in [3.8, 4) is 0 Å².